The number of ether oxygens (including phenoxy) is 3. The number of hydrogen-bond donors (Lipinski definition) is 2. The number of carbonyl (C=O) groups excluding carboxylic acids is 3. The van der Waals surface area contributed by atoms with Gasteiger partial charge in [0.2, 0.25) is 5.91 Å². The molecule has 0 spiro atoms. The van der Waals surface area contributed by atoms with E-state index in [2.05, 4.69) is 10.1 Å². The molecule has 1 aromatic rings. The van der Waals surface area contributed by atoms with E-state index in [1.54, 1.807) is 45.0 Å². The summed E-state index contributed by atoms with van der Waals surface area (Å²) in [5, 5.41) is 2.34. The highest BCUT2D eigenvalue weighted by atomic mass is 16.6. The summed E-state index contributed by atoms with van der Waals surface area (Å²) in [5.74, 6) is -0.882. The Labute approximate surface area is 158 Å². The van der Waals surface area contributed by atoms with Crippen LogP contribution in [0.3, 0.4) is 0 Å². The number of amides is 2. The minimum absolute atomic E-state index is 0.485. The third-order valence-electron chi connectivity index (χ3n) is 3.50. The molecule has 2 amide bonds. The topological polar surface area (TPSA) is 120 Å². The van der Waals surface area contributed by atoms with E-state index >= 15 is 0 Å². The molecule has 0 saturated carbocycles. The number of carbonyl (C=O) groups is 3. The first-order chi connectivity index (χ1) is 12.5. The molecule has 1 rings (SSSR count). The Balaban J connectivity index is 3.16. The summed E-state index contributed by atoms with van der Waals surface area (Å²) in [6, 6.07) is 5.49. The van der Waals surface area contributed by atoms with Crippen LogP contribution in [-0.2, 0) is 19.1 Å². The molecule has 0 aliphatic rings. The van der Waals surface area contributed by atoms with Gasteiger partial charge in [0.05, 0.1) is 14.2 Å². The molecule has 0 unspecified atom stereocenters. The van der Waals surface area contributed by atoms with E-state index in [-0.39, 0.29) is 0 Å². The van der Waals surface area contributed by atoms with Gasteiger partial charge in [-0.2, -0.15) is 0 Å². The lowest BCUT2D eigenvalue weighted by molar-refractivity contribution is -0.145. The summed E-state index contributed by atoms with van der Waals surface area (Å²) >= 11 is 0. The minimum Gasteiger partial charge on any atom is -0.497 e. The predicted octanol–water partition coefficient (Wildman–Crippen LogP) is 1.18. The summed E-state index contributed by atoms with van der Waals surface area (Å²) < 4.78 is 14.9. The summed E-state index contributed by atoms with van der Waals surface area (Å²) in [7, 11) is 4.09. The Bertz CT molecular complexity index is 669. The maximum absolute atomic E-state index is 12.8. The molecular formula is C18H27N3O6. The fraction of sp³-hybridized carbons (Fsp3) is 0.500. The second kappa shape index (κ2) is 9.22. The molecule has 0 bridgehead atoms. The largest absolute Gasteiger partial charge is 0.497 e. The van der Waals surface area contributed by atoms with Crippen molar-refractivity contribution in [2.45, 2.75) is 38.6 Å². The van der Waals surface area contributed by atoms with Gasteiger partial charge in [-0.3, -0.25) is 9.69 Å². The fourth-order valence-corrected chi connectivity index (χ4v) is 2.19. The average Bonchev–Trinajstić information content (AvgIpc) is 2.60. The standard InChI is InChI=1S/C18H27N3O6/c1-18(2,3)27-17(24)21(4)13(11-7-9-12(25-5)10-8-11)15(22)20-14(19)16(23)26-6/h7-10,13-14H,19H2,1-6H3,(H,20,22)/t13-,14+/m0/s1. The van der Waals surface area contributed by atoms with E-state index in [1.807, 2.05) is 0 Å². The summed E-state index contributed by atoms with van der Waals surface area (Å²) in [4.78, 5) is 37.8. The molecule has 0 aliphatic carbocycles. The fourth-order valence-electron chi connectivity index (χ4n) is 2.19. The van der Waals surface area contributed by atoms with Gasteiger partial charge in [-0.05, 0) is 38.5 Å². The van der Waals surface area contributed by atoms with Crippen molar-refractivity contribution < 1.29 is 28.6 Å². The van der Waals surface area contributed by atoms with Crippen LogP contribution in [0.5, 0.6) is 5.75 Å². The van der Waals surface area contributed by atoms with Gasteiger partial charge in [-0.1, -0.05) is 12.1 Å². The molecule has 0 aromatic heterocycles. The monoisotopic (exact) mass is 381 g/mol. The maximum Gasteiger partial charge on any atom is 0.410 e. The molecule has 1 aromatic carbocycles. The van der Waals surface area contributed by atoms with E-state index in [4.69, 9.17) is 15.2 Å². The first kappa shape index (κ1) is 22.2. The zero-order chi connectivity index (χ0) is 20.8. The molecule has 0 radical (unpaired) electrons. The highest BCUT2D eigenvalue weighted by Gasteiger charge is 2.33. The first-order valence-electron chi connectivity index (χ1n) is 8.23. The summed E-state index contributed by atoms with van der Waals surface area (Å²) in [5.41, 5.74) is 5.35. The SMILES string of the molecule is COC(=O)[C@H](N)NC(=O)[C@H](c1ccc(OC)cc1)N(C)C(=O)OC(C)(C)C. The van der Waals surface area contributed by atoms with E-state index in [0.717, 1.165) is 12.0 Å². The number of hydrogen-bond acceptors (Lipinski definition) is 7. The van der Waals surface area contributed by atoms with Crippen LogP contribution in [0.4, 0.5) is 4.79 Å². The number of methoxy groups -OCH3 is 2. The van der Waals surface area contributed by atoms with Gasteiger partial charge in [0.15, 0.2) is 6.17 Å². The van der Waals surface area contributed by atoms with Crippen LogP contribution in [-0.4, -0.2) is 55.9 Å². The zero-order valence-corrected chi connectivity index (χ0v) is 16.4. The number of nitrogens with two attached hydrogens (primary N) is 1. The van der Waals surface area contributed by atoms with E-state index in [1.165, 1.54) is 14.2 Å². The van der Waals surface area contributed by atoms with E-state index < -0.39 is 35.8 Å². The van der Waals surface area contributed by atoms with Gasteiger partial charge in [0, 0.05) is 7.05 Å². The second-order valence-corrected chi connectivity index (χ2v) is 6.78. The van der Waals surface area contributed by atoms with Gasteiger partial charge in [0.25, 0.3) is 0 Å². The molecule has 3 N–H and O–H groups in total. The van der Waals surface area contributed by atoms with Gasteiger partial charge in [0.1, 0.15) is 17.4 Å². The van der Waals surface area contributed by atoms with Crippen molar-refractivity contribution in [2.75, 3.05) is 21.3 Å². The van der Waals surface area contributed by atoms with Crippen molar-refractivity contribution in [3.8, 4) is 5.75 Å². The molecule has 0 aliphatic heterocycles. The third-order valence-corrected chi connectivity index (χ3v) is 3.50. The number of likely N-dealkylation sites (N-methyl/N-ethyl adjacent to an activating group) is 1. The molecule has 0 fully saturated rings. The summed E-state index contributed by atoms with van der Waals surface area (Å²) in [6.45, 7) is 5.15. The van der Waals surface area contributed by atoms with Crippen LogP contribution in [0.2, 0.25) is 0 Å². The van der Waals surface area contributed by atoms with Crippen molar-refractivity contribution in [1.29, 1.82) is 0 Å². The normalized spacial score (nSPS) is 13.1. The van der Waals surface area contributed by atoms with E-state index in [9.17, 15) is 14.4 Å². The van der Waals surface area contributed by atoms with Crippen LogP contribution in [0.15, 0.2) is 24.3 Å². The number of nitrogens with one attached hydrogen (secondary N) is 1. The van der Waals surface area contributed by atoms with Crippen LogP contribution in [0.25, 0.3) is 0 Å². The Kier molecular flexibility index (Phi) is 7.59. The molecule has 0 heterocycles. The Morgan fingerprint density at radius 1 is 1.11 bits per heavy atom. The maximum atomic E-state index is 12.8. The van der Waals surface area contributed by atoms with Crippen LogP contribution < -0.4 is 15.8 Å². The highest BCUT2D eigenvalue weighted by molar-refractivity contribution is 5.90. The number of esters is 1. The lowest BCUT2D eigenvalue weighted by atomic mass is 10.0. The zero-order valence-electron chi connectivity index (χ0n) is 16.4. The lowest BCUT2D eigenvalue weighted by Gasteiger charge is -2.30. The van der Waals surface area contributed by atoms with Crippen LogP contribution in [0, 0.1) is 0 Å². The van der Waals surface area contributed by atoms with Gasteiger partial charge in [-0.15, -0.1) is 0 Å². The number of rotatable bonds is 6. The Hall–Kier alpha value is -2.81. The summed E-state index contributed by atoms with van der Waals surface area (Å²) in [6.07, 6.45) is -2.07. The molecule has 2 atom stereocenters. The van der Waals surface area contributed by atoms with Crippen molar-refractivity contribution in [3.05, 3.63) is 29.8 Å². The number of nitrogens with zero attached hydrogens (tertiary/aromatic N) is 1. The molecule has 0 saturated heterocycles. The minimum atomic E-state index is -1.37. The molecule has 150 valence electrons. The molecule has 9 nitrogen and oxygen atoms in total. The van der Waals surface area contributed by atoms with Crippen molar-refractivity contribution in [1.82, 2.24) is 10.2 Å². The van der Waals surface area contributed by atoms with Crippen molar-refractivity contribution in [2.24, 2.45) is 5.73 Å². The van der Waals surface area contributed by atoms with Crippen LogP contribution >= 0.6 is 0 Å². The smallest absolute Gasteiger partial charge is 0.410 e. The molecule has 9 heteroatoms. The molecular weight excluding hydrogens is 354 g/mol. The number of benzene rings is 1. The van der Waals surface area contributed by atoms with Gasteiger partial charge in [-0.25, -0.2) is 9.59 Å². The highest BCUT2D eigenvalue weighted by Crippen LogP contribution is 2.24. The van der Waals surface area contributed by atoms with Crippen molar-refractivity contribution in [3.63, 3.8) is 0 Å². The first-order valence-corrected chi connectivity index (χ1v) is 8.23. The predicted molar refractivity (Wildman–Crippen MR) is 97.9 cm³/mol. The molecule has 27 heavy (non-hydrogen) atoms. The van der Waals surface area contributed by atoms with Crippen LogP contribution in [0.1, 0.15) is 32.4 Å². The van der Waals surface area contributed by atoms with Gasteiger partial charge >= 0.3 is 12.1 Å². The lowest BCUT2D eigenvalue weighted by Crippen LogP contribution is -2.52. The average molecular weight is 381 g/mol. The quantitative estimate of drug-likeness (QED) is 0.561. The van der Waals surface area contributed by atoms with Gasteiger partial charge < -0.3 is 25.3 Å². The Morgan fingerprint density at radius 2 is 1.67 bits per heavy atom. The third kappa shape index (κ3) is 6.45. The second-order valence-electron chi connectivity index (χ2n) is 6.78. The van der Waals surface area contributed by atoms with E-state index in [0.29, 0.717) is 11.3 Å². The Morgan fingerprint density at radius 3 is 2.11 bits per heavy atom. The van der Waals surface area contributed by atoms with Crippen molar-refractivity contribution >= 4 is 18.0 Å².